The second kappa shape index (κ2) is 9.43. The molecule has 4 rings (SSSR count). The summed E-state index contributed by atoms with van der Waals surface area (Å²) in [6.07, 6.45) is 4.28. The summed E-state index contributed by atoms with van der Waals surface area (Å²) in [5.74, 6) is 0.277. The maximum absolute atomic E-state index is 13.9. The van der Waals surface area contributed by atoms with Gasteiger partial charge >= 0.3 is 0 Å². The van der Waals surface area contributed by atoms with Crippen LogP contribution in [0.15, 0.2) is 77.2 Å². The number of benzene rings is 2. The standard InChI is InChI=1S/C25H23FN2O3/c26-22-9-5-4-8-21(22)23-12-10-20(31-23)11-13-24(29)28-16-14-18(15-17-28)25(30)27-19-6-2-1-3-7-19/h1-13,18H,14-17H2,(H,27,30)/b13-11+. The molecule has 0 saturated carbocycles. The highest BCUT2D eigenvalue weighted by molar-refractivity contribution is 5.94. The van der Waals surface area contributed by atoms with Crippen molar-refractivity contribution >= 4 is 23.6 Å². The van der Waals surface area contributed by atoms with Gasteiger partial charge in [-0.2, -0.15) is 0 Å². The number of likely N-dealkylation sites (tertiary alicyclic amines) is 1. The van der Waals surface area contributed by atoms with Gasteiger partial charge in [0.2, 0.25) is 11.8 Å². The van der Waals surface area contributed by atoms with Gasteiger partial charge in [0.15, 0.2) is 0 Å². The van der Waals surface area contributed by atoms with E-state index in [1.54, 1.807) is 41.3 Å². The van der Waals surface area contributed by atoms with Crippen LogP contribution in [0.3, 0.4) is 0 Å². The summed E-state index contributed by atoms with van der Waals surface area (Å²) < 4.78 is 19.5. The number of hydrogen-bond acceptors (Lipinski definition) is 3. The second-order valence-electron chi connectivity index (χ2n) is 7.47. The molecule has 0 spiro atoms. The molecule has 1 saturated heterocycles. The number of carbonyl (C=O) groups is 2. The van der Waals surface area contributed by atoms with E-state index < -0.39 is 0 Å². The van der Waals surface area contributed by atoms with Crippen molar-refractivity contribution in [1.82, 2.24) is 4.90 Å². The molecule has 0 atom stereocenters. The van der Waals surface area contributed by atoms with Crippen molar-refractivity contribution in [3.05, 3.63) is 84.4 Å². The zero-order valence-corrected chi connectivity index (χ0v) is 17.0. The van der Waals surface area contributed by atoms with Crippen molar-refractivity contribution < 1.29 is 18.4 Å². The van der Waals surface area contributed by atoms with Gasteiger partial charge in [-0.1, -0.05) is 30.3 Å². The lowest BCUT2D eigenvalue weighted by molar-refractivity contribution is -0.130. The van der Waals surface area contributed by atoms with Crippen LogP contribution in [-0.4, -0.2) is 29.8 Å². The molecule has 158 valence electrons. The van der Waals surface area contributed by atoms with Crippen molar-refractivity contribution in [2.75, 3.05) is 18.4 Å². The fourth-order valence-corrected chi connectivity index (χ4v) is 3.63. The fourth-order valence-electron chi connectivity index (χ4n) is 3.63. The molecule has 1 fully saturated rings. The van der Waals surface area contributed by atoms with Gasteiger partial charge in [0.25, 0.3) is 0 Å². The second-order valence-corrected chi connectivity index (χ2v) is 7.47. The van der Waals surface area contributed by atoms with Gasteiger partial charge in [0, 0.05) is 30.8 Å². The fraction of sp³-hybridized carbons (Fsp3) is 0.200. The Morgan fingerprint density at radius 1 is 0.968 bits per heavy atom. The highest BCUT2D eigenvalue weighted by Crippen LogP contribution is 2.25. The summed E-state index contributed by atoms with van der Waals surface area (Å²) in [5, 5.41) is 2.93. The molecule has 1 N–H and O–H groups in total. The number of rotatable bonds is 5. The molecule has 6 heteroatoms. The number of amides is 2. The zero-order valence-electron chi connectivity index (χ0n) is 17.0. The topological polar surface area (TPSA) is 62.6 Å². The molecule has 31 heavy (non-hydrogen) atoms. The zero-order chi connectivity index (χ0) is 21.6. The lowest BCUT2D eigenvalue weighted by Crippen LogP contribution is -2.40. The van der Waals surface area contributed by atoms with E-state index in [2.05, 4.69) is 5.32 Å². The molecule has 2 heterocycles. The minimum absolute atomic E-state index is 0.00917. The SMILES string of the molecule is O=C(Nc1ccccc1)C1CCN(C(=O)/C=C/c2ccc(-c3ccccc3F)o2)CC1. The largest absolute Gasteiger partial charge is 0.457 e. The Bertz CT molecular complexity index is 1080. The molecular formula is C25H23FN2O3. The molecule has 0 unspecified atom stereocenters. The first-order valence-electron chi connectivity index (χ1n) is 10.3. The van der Waals surface area contributed by atoms with Crippen LogP contribution in [0.25, 0.3) is 17.4 Å². The van der Waals surface area contributed by atoms with Gasteiger partial charge in [-0.25, -0.2) is 4.39 Å². The van der Waals surface area contributed by atoms with E-state index in [4.69, 9.17) is 4.42 Å². The van der Waals surface area contributed by atoms with Crippen LogP contribution in [-0.2, 0) is 9.59 Å². The van der Waals surface area contributed by atoms with Crippen LogP contribution in [0.2, 0.25) is 0 Å². The van der Waals surface area contributed by atoms with E-state index in [1.165, 1.54) is 12.1 Å². The summed E-state index contributed by atoms with van der Waals surface area (Å²) in [6.45, 7) is 1.05. The lowest BCUT2D eigenvalue weighted by atomic mass is 9.95. The number of carbonyl (C=O) groups excluding carboxylic acids is 2. The Morgan fingerprint density at radius 3 is 2.42 bits per heavy atom. The van der Waals surface area contributed by atoms with Crippen molar-refractivity contribution in [3.8, 4) is 11.3 Å². The van der Waals surface area contributed by atoms with E-state index >= 15 is 0 Å². The van der Waals surface area contributed by atoms with E-state index in [9.17, 15) is 14.0 Å². The minimum Gasteiger partial charge on any atom is -0.457 e. The quantitative estimate of drug-likeness (QED) is 0.595. The maximum atomic E-state index is 13.9. The Balaban J connectivity index is 1.30. The molecular weight excluding hydrogens is 395 g/mol. The third kappa shape index (κ3) is 5.09. The number of halogens is 1. The molecule has 3 aromatic rings. The monoisotopic (exact) mass is 418 g/mol. The number of nitrogens with zero attached hydrogens (tertiary/aromatic N) is 1. The van der Waals surface area contributed by atoms with Crippen molar-refractivity contribution in [3.63, 3.8) is 0 Å². The third-order valence-corrected chi connectivity index (χ3v) is 5.38. The molecule has 1 aromatic heterocycles. The molecule has 2 amide bonds. The first-order chi connectivity index (χ1) is 15.1. The number of hydrogen-bond donors (Lipinski definition) is 1. The van der Waals surface area contributed by atoms with Crippen LogP contribution < -0.4 is 5.32 Å². The number of nitrogens with one attached hydrogen (secondary N) is 1. The van der Waals surface area contributed by atoms with Crippen molar-refractivity contribution in [2.45, 2.75) is 12.8 Å². The summed E-state index contributed by atoms with van der Waals surface area (Å²) in [4.78, 5) is 26.7. The van der Waals surface area contributed by atoms with Crippen molar-refractivity contribution in [2.24, 2.45) is 5.92 Å². The highest BCUT2D eigenvalue weighted by Gasteiger charge is 2.26. The van der Waals surface area contributed by atoms with Crippen LogP contribution in [0.1, 0.15) is 18.6 Å². The molecule has 0 radical (unpaired) electrons. The van der Waals surface area contributed by atoms with E-state index in [-0.39, 0.29) is 23.5 Å². The predicted octanol–water partition coefficient (Wildman–Crippen LogP) is 4.98. The Kier molecular flexibility index (Phi) is 6.26. The third-order valence-electron chi connectivity index (χ3n) is 5.38. The van der Waals surface area contributed by atoms with E-state index in [0.717, 1.165) is 5.69 Å². The number of anilines is 1. The van der Waals surface area contributed by atoms with Gasteiger partial charge in [-0.15, -0.1) is 0 Å². The minimum atomic E-state index is -0.359. The Hall–Kier alpha value is -3.67. The summed E-state index contributed by atoms with van der Waals surface area (Å²) >= 11 is 0. The van der Waals surface area contributed by atoms with E-state index in [0.29, 0.717) is 43.0 Å². The summed E-state index contributed by atoms with van der Waals surface area (Å²) in [6, 6.07) is 19.1. The average Bonchev–Trinajstić information content (AvgIpc) is 3.27. The lowest BCUT2D eigenvalue weighted by Gasteiger charge is -2.30. The van der Waals surface area contributed by atoms with Gasteiger partial charge in [0.1, 0.15) is 17.3 Å². The number of piperidine rings is 1. The molecule has 0 bridgehead atoms. The molecule has 2 aromatic carbocycles. The number of furan rings is 1. The average molecular weight is 418 g/mol. The van der Waals surface area contributed by atoms with Crippen LogP contribution in [0.4, 0.5) is 10.1 Å². The maximum Gasteiger partial charge on any atom is 0.246 e. The Labute approximate surface area is 180 Å². The first-order valence-corrected chi connectivity index (χ1v) is 10.3. The summed E-state index contributed by atoms with van der Waals surface area (Å²) in [7, 11) is 0. The highest BCUT2D eigenvalue weighted by atomic mass is 19.1. The normalized spacial score (nSPS) is 14.7. The van der Waals surface area contributed by atoms with E-state index in [1.807, 2.05) is 30.3 Å². The molecule has 1 aliphatic heterocycles. The molecule has 5 nitrogen and oxygen atoms in total. The van der Waals surface area contributed by atoms with Crippen LogP contribution in [0.5, 0.6) is 0 Å². The number of para-hydroxylation sites is 1. The van der Waals surface area contributed by atoms with Gasteiger partial charge < -0.3 is 14.6 Å². The molecule has 0 aliphatic carbocycles. The van der Waals surface area contributed by atoms with Crippen molar-refractivity contribution in [1.29, 1.82) is 0 Å². The smallest absolute Gasteiger partial charge is 0.246 e. The van der Waals surface area contributed by atoms with Gasteiger partial charge in [-0.3, -0.25) is 9.59 Å². The van der Waals surface area contributed by atoms with Crippen LogP contribution in [0, 0.1) is 11.7 Å². The molecule has 1 aliphatic rings. The Morgan fingerprint density at radius 2 is 1.68 bits per heavy atom. The van der Waals surface area contributed by atoms with Crippen LogP contribution >= 0.6 is 0 Å². The van der Waals surface area contributed by atoms with Gasteiger partial charge in [-0.05, 0) is 55.3 Å². The summed E-state index contributed by atoms with van der Waals surface area (Å²) in [5.41, 5.74) is 1.16. The van der Waals surface area contributed by atoms with Gasteiger partial charge in [0.05, 0.1) is 5.56 Å². The predicted molar refractivity (Wildman–Crippen MR) is 118 cm³/mol. The first kappa shape index (κ1) is 20.6.